The van der Waals surface area contributed by atoms with Gasteiger partial charge < -0.3 is 11.1 Å². The van der Waals surface area contributed by atoms with Crippen molar-refractivity contribution in [3.05, 3.63) is 0 Å². The van der Waals surface area contributed by atoms with Gasteiger partial charge in [-0.15, -0.1) is 0 Å². The fraction of sp³-hybridized carbons (Fsp3) is 0.833. The van der Waals surface area contributed by atoms with Gasteiger partial charge >= 0.3 is 0 Å². The van der Waals surface area contributed by atoms with E-state index in [0.717, 1.165) is 6.26 Å². The summed E-state index contributed by atoms with van der Waals surface area (Å²) in [5, 5.41) is 2.40. The molecule has 0 radical (unpaired) electrons. The smallest absolute Gasteiger partial charge is 0.236 e. The summed E-state index contributed by atoms with van der Waals surface area (Å²) in [5.41, 5.74) is 5.22. The molecule has 0 bridgehead atoms. The highest BCUT2D eigenvalue weighted by Gasteiger charge is 2.07. The number of rotatable bonds is 4. The van der Waals surface area contributed by atoms with Crippen molar-refractivity contribution < 1.29 is 13.2 Å². The molecule has 0 heterocycles. The molecule has 0 unspecified atom stereocenters. The second kappa shape index (κ2) is 4.42. The number of carbonyl (C=O) groups excluding carboxylic acids is 1. The molecule has 1 amide bonds. The highest BCUT2D eigenvalue weighted by molar-refractivity contribution is 7.90. The Bertz CT molecular complexity index is 246. The summed E-state index contributed by atoms with van der Waals surface area (Å²) < 4.78 is 21.2. The quantitative estimate of drug-likeness (QED) is 0.569. The predicted molar refractivity (Wildman–Crippen MR) is 46.4 cm³/mol. The molecule has 5 nitrogen and oxygen atoms in total. The van der Waals surface area contributed by atoms with Crippen LogP contribution in [0.25, 0.3) is 0 Å². The van der Waals surface area contributed by atoms with E-state index in [-0.39, 0.29) is 18.2 Å². The Hall–Kier alpha value is -0.620. The molecule has 1 atom stereocenters. The van der Waals surface area contributed by atoms with Gasteiger partial charge in [-0.25, -0.2) is 8.42 Å². The SMILES string of the molecule is C[C@H](N)C(=O)NCCS(C)(=O)=O. The Balaban J connectivity index is 3.66. The van der Waals surface area contributed by atoms with Crippen LogP contribution in [-0.4, -0.2) is 38.9 Å². The first kappa shape index (κ1) is 11.4. The van der Waals surface area contributed by atoms with E-state index in [1.54, 1.807) is 0 Å². The Morgan fingerprint density at radius 2 is 2.08 bits per heavy atom. The lowest BCUT2D eigenvalue weighted by molar-refractivity contribution is -0.121. The maximum absolute atomic E-state index is 10.8. The first-order valence-electron chi connectivity index (χ1n) is 3.54. The topological polar surface area (TPSA) is 89.3 Å². The zero-order valence-electron chi connectivity index (χ0n) is 7.20. The van der Waals surface area contributed by atoms with Gasteiger partial charge in [0.1, 0.15) is 9.84 Å². The van der Waals surface area contributed by atoms with Crippen LogP contribution in [0.4, 0.5) is 0 Å². The summed E-state index contributed by atoms with van der Waals surface area (Å²) in [6.07, 6.45) is 1.12. The maximum atomic E-state index is 10.8. The first-order valence-corrected chi connectivity index (χ1v) is 5.60. The lowest BCUT2D eigenvalue weighted by Gasteiger charge is -2.05. The molecule has 0 aromatic carbocycles. The molecule has 0 saturated heterocycles. The summed E-state index contributed by atoms with van der Waals surface area (Å²) in [6, 6.07) is -0.593. The molecule has 0 rings (SSSR count). The molecule has 0 aromatic rings. The van der Waals surface area contributed by atoms with Crippen molar-refractivity contribution in [3.8, 4) is 0 Å². The van der Waals surface area contributed by atoms with Gasteiger partial charge in [0.05, 0.1) is 11.8 Å². The van der Waals surface area contributed by atoms with Crippen molar-refractivity contribution in [2.45, 2.75) is 13.0 Å². The molecule has 6 heteroatoms. The minimum absolute atomic E-state index is 0.0501. The van der Waals surface area contributed by atoms with Crippen LogP contribution >= 0.6 is 0 Å². The van der Waals surface area contributed by atoms with E-state index in [0.29, 0.717) is 0 Å². The van der Waals surface area contributed by atoms with Crippen molar-refractivity contribution in [2.24, 2.45) is 5.73 Å². The van der Waals surface area contributed by atoms with Crippen LogP contribution in [-0.2, 0) is 14.6 Å². The fourth-order valence-electron chi connectivity index (χ4n) is 0.521. The zero-order valence-corrected chi connectivity index (χ0v) is 8.02. The van der Waals surface area contributed by atoms with Crippen LogP contribution in [0.1, 0.15) is 6.92 Å². The van der Waals surface area contributed by atoms with Gasteiger partial charge in [0.15, 0.2) is 0 Å². The van der Waals surface area contributed by atoms with E-state index in [2.05, 4.69) is 5.32 Å². The molecule has 0 saturated carbocycles. The molecular formula is C6H14N2O3S. The van der Waals surface area contributed by atoms with E-state index in [1.807, 2.05) is 0 Å². The lowest BCUT2D eigenvalue weighted by atomic mass is 10.3. The molecule has 0 aliphatic heterocycles. The Morgan fingerprint density at radius 1 is 1.58 bits per heavy atom. The van der Waals surface area contributed by atoms with Crippen LogP contribution in [0.2, 0.25) is 0 Å². The van der Waals surface area contributed by atoms with Crippen LogP contribution in [0.3, 0.4) is 0 Å². The molecule has 12 heavy (non-hydrogen) atoms. The number of sulfone groups is 1. The molecular weight excluding hydrogens is 180 g/mol. The van der Waals surface area contributed by atoms with Crippen LogP contribution < -0.4 is 11.1 Å². The standard InChI is InChI=1S/C6H14N2O3S/c1-5(7)6(9)8-3-4-12(2,10)11/h5H,3-4,7H2,1-2H3,(H,8,9)/t5-/m0/s1. The van der Waals surface area contributed by atoms with Gasteiger partial charge in [-0.3, -0.25) is 4.79 Å². The molecule has 0 aliphatic rings. The summed E-state index contributed by atoms with van der Waals surface area (Å²) in [4.78, 5) is 10.8. The monoisotopic (exact) mass is 194 g/mol. The van der Waals surface area contributed by atoms with Crippen molar-refractivity contribution in [3.63, 3.8) is 0 Å². The van der Waals surface area contributed by atoms with E-state index >= 15 is 0 Å². The van der Waals surface area contributed by atoms with E-state index in [4.69, 9.17) is 5.73 Å². The van der Waals surface area contributed by atoms with Gasteiger partial charge in [0.2, 0.25) is 5.91 Å². The largest absolute Gasteiger partial charge is 0.354 e. The third kappa shape index (κ3) is 6.11. The second-order valence-corrected chi connectivity index (χ2v) is 4.97. The number of nitrogens with one attached hydrogen (secondary N) is 1. The second-order valence-electron chi connectivity index (χ2n) is 2.71. The Labute approximate surface area is 72.2 Å². The summed E-state index contributed by atoms with van der Waals surface area (Å²) >= 11 is 0. The van der Waals surface area contributed by atoms with Crippen molar-refractivity contribution in [1.82, 2.24) is 5.32 Å². The fourth-order valence-corrected chi connectivity index (χ4v) is 0.993. The average Bonchev–Trinajstić information content (AvgIpc) is 1.84. The molecule has 0 aliphatic carbocycles. The van der Waals surface area contributed by atoms with Crippen molar-refractivity contribution >= 4 is 15.7 Å². The molecule has 0 aromatic heterocycles. The Morgan fingerprint density at radius 3 is 2.42 bits per heavy atom. The third-order valence-electron chi connectivity index (χ3n) is 1.19. The van der Waals surface area contributed by atoms with E-state index in [9.17, 15) is 13.2 Å². The normalized spacial score (nSPS) is 13.9. The summed E-state index contributed by atoms with van der Waals surface area (Å²) in [6.45, 7) is 1.66. The average molecular weight is 194 g/mol. The first-order chi connectivity index (χ1) is 5.33. The van der Waals surface area contributed by atoms with Gasteiger partial charge in [-0.05, 0) is 6.92 Å². The predicted octanol–water partition coefficient (Wildman–Crippen LogP) is -1.51. The van der Waals surface area contributed by atoms with Crippen LogP contribution in [0.15, 0.2) is 0 Å². The number of hydrogen-bond acceptors (Lipinski definition) is 4. The lowest BCUT2D eigenvalue weighted by Crippen LogP contribution is -2.40. The summed E-state index contributed by atoms with van der Waals surface area (Å²) in [7, 11) is -3.00. The zero-order chi connectivity index (χ0) is 9.78. The number of hydrogen-bond donors (Lipinski definition) is 2. The van der Waals surface area contributed by atoms with Crippen LogP contribution in [0.5, 0.6) is 0 Å². The maximum Gasteiger partial charge on any atom is 0.236 e. The van der Waals surface area contributed by atoms with Crippen LogP contribution in [0, 0.1) is 0 Å². The third-order valence-corrected chi connectivity index (χ3v) is 2.13. The van der Waals surface area contributed by atoms with Gasteiger partial charge in [-0.1, -0.05) is 0 Å². The molecule has 0 spiro atoms. The number of nitrogens with two attached hydrogens (primary N) is 1. The minimum atomic E-state index is -3.00. The van der Waals surface area contributed by atoms with Crippen molar-refractivity contribution in [1.29, 1.82) is 0 Å². The Kier molecular flexibility index (Phi) is 4.19. The minimum Gasteiger partial charge on any atom is -0.354 e. The number of amides is 1. The summed E-state index contributed by atoms with van der Waals surface area (Å²) in [5.74, 6) is -0.385. The molecule has 0 fully saturated rings. The van der Waals surface area contributed by atoms with Crippen molar-refractivity contribution in [2.75, 3.05) is 18.6 Å². The van der Waals surface area contributed by atoms with Gasteiger partial charge in [0, 0.05) is 12.8 Å². The van der Waals surface area contributed by atoms with E-state index in [1.165, 1.54) is 6.92 Å². The highest BCUT2D eigenvalue weighted by atomic mass is 32.2. The molecule has 3 N–H and O–H groups in total. The molecule has 72 valence electrons. The number of carbonyl (C=O) groups is 1. The van der Waals surface area contributed by atoms with Gasteiger partial charge in [0.25, 0.3) is 0 Å². The van der Waals surface area contributed by atoms with Gasteiger partial charge in [-0.2, -0.15) is 0 Å². The van der Waals surface area contributed by atoms with E-state index < -0.39 is 15.9 Å². The highest BCUT2D eigenvalue weighted by Crippen LogP contribution is 1.80.